The molecule has 0 aromatic heterocycles. The van der Waals surface area contributed by atoms with Crippen LogP contribution in [-0.4, -0.2) is 58.0 Å². The average molecular weight is 385 g/mol. The molecule has 8 heteroatoms. The van der Waals surface area contributed by atoms with E-state index in [0.717, 1.165) is 38.1 Å². The number of halogens is 2. The Labute approximate surface area is 159 Å². The monoisotopic (exact) mass is 385 g/mol. The van der Waals surface area contributed by atoms with Crippen molar-refractivity contribution in [2.45, 2.75) is 38.8 Å². The number of rotatable bonds is 11. The van der Waals surface area contributed by atoms with Crippen LogP contribution in [0.3, 0.4) is 0 Å². The SMILES string of the molecule is CCNC(=NCc1cccc(OCC(F)F)c1)NCCCOC1CCOC1. The molecule has 0 bridgehead atoms. The van der Waals surface area contributed by atoms with E-state index in [9.17, 15) is 8.78 Å². The van der Waals surface area contributed by atoms with E-state index in [1.165, 1.54) is 0 Å². The number of aliphatic imine (C=N–C) groups is 1. The van der Waals surface area contributed by atoms with Gasteiger partial charge in [-0.25, -0.2) is 13.8 Å². The Bertz CT molecular complexity index is 567. The van der Waals surface area contributed by atoms with E-state index in [4.69, 9.17) is 14.2 Å². The van der Waals surface area contributed by atoms with E-state index in [1.54, 1.807) is 18.2 Å². The van der Waals surface area contributed by atoms with Gasteiger partial charge in [-0.1, -0.05) is 12.1 Å². The summed E-state index contributed by atoms with van der Waals surface area (Å²) in [6, 6.07) is 7.05. The second-order valence-electron chi connectivity index (χ2n) is 6.18. The number of hydrogen-bond acceptors (Lipinski definition) is 4. The molecule has 0 saturated carbocycles. The molecule has 0 amide bonds. The third-order valence-electron chi connectivity index (χ3n) is 3.89. The predicted molar refractivity (Wildman–Crippen MR) is 101 cm³/mol. The number of nitrogens with zero attached hydrogens (tertiary/aromatic N) is 1. The van der Waals surface area contributed by atoms with Crippen LogP contribution in [0.1, 0.15) is 25.3 Å². The first kappa shape index (κ1) is 21.4. The fraction of sp³-hybridized carbons (Fsp3) is 0.632. The third-order valence-corrected chi connectivity index (χ3v) is 3.89. The lowest BCUT2D eigenvalue weighted by molar-refractivity contribution is 0.0420. The fourth-order valence-corrected chi connectivity index (χ4v) is 2.58. The van der Waals surface area contributed by atoms with Crippen molar-refractivity contribution in [1.29, 1.82) is 0 Å². The number of benzene rings is 1. The fourth-order valence-electron chi connectivity index (χ4n) is 2.58. The van der Waals surface area contributed by atoms with E-state index >= 15 is 0 Å². The Balaban J connectivity index is 1.73. The van der Waals surface area contributed by atoms with E-state index in [-0.39, 0.29) is 6.10 Å². The summed E-state index contributed by atoms with van der Waals surface area (Å²) in [6.45, 7) is 5.48. The summed E-state index contributed by atoms with van der Waals surface area (Å²) in [5.41, 5.74) is 0.892. The maximum atomic E-state index is 12.2. The van der Waals surface area contributed by atoms with Gasteiger partial charge in [-0.3, -0.25) is 0 Å². The second-order valence-corrected chi connectivity index (χ2v) is 6.18. The summed E-state index contributed by atoms with van der Waals surface area (Å²) < 4.78 is 40.5. The first-order valence-corrected chi connectivity index (χ1v) is 9.38. The molecule has 1 aromatic rings. The largest absolute Gasteiger partial charge is 0.488 e. The van der Waals surface area contributed by atoms with Gasteiger partial charge in [0.1, 0.15) is 12.4 Å². The average Bonchev–Trinajstić information content (AvgIpc) is 3.18. The molecule has 0 radical (unpaired) electrons. The molecule has 6 nitrogen and oxygen atoms in total. The molecule has 0 aliphatic carbocycles. The molecule has 27 heavy (non-hydrogen) atoms. The van der Waals surface area contributed by atoms with Crippen LogP contribution in [0.2, 0.25) is 0 Å². The Morgan fingerprint density at radius 2 is 2.26 bits per heavy atom. The highest BCUT2D eigenvalue weighted by Gasteiger charge is 2.15. The zero-order valence-corrected chi connectivity index (χ0v) is 15.8. The zero-order valence-electron chi connectivity index (χ0n) is 15.8. The second kappa shape index (κ2) is 12.5. The summed E-state index contributed by atoms with van der Waals surface area (Å²) >= 11 is 0. The maximum absolute atomic E-state index is 12.2. The molecule has 1 atom stereocenters. The first-order chi connectivity index (χ1) is 13.2. The molecule has 1 fully saturated rings. The lowest BCUT2D eigenvalue weighted by Crippen LogP contribution is -2.38. The Morgan fingerprint density at radius 1 is 1.37 bits per heavy atom. The molecule has 1 aliphatic rings. The summed E-state index contributed by atoms with van der Waals surface area (Å²) in [6.07, 6.45) is -0.414. The number of ether oxygens (including phenoxy) is 3. The lowest BCUT2D eigenvalue weighted by Gasteiger charge is -2.13. The van der Waals surface area contributed by atoms with Crippen LogP contribution in [0.25, 0.3) is 0 Å². The minimum atomic E-state index is -2.48. The minimum absolute atomic E-state index is 0.228. The Morgan fingerprint density at radius 3 is 3.00 bits per heavy atom. The molecule has 2 rings (SSSR count). The molecule has 1 unspecified atom stereocenters. The van der Waals surface area contributed by atoms with Gasteiger partial charge in [0.2, 0.25) is 0 Å². The quantitative estimate of drug-likeness (QED) is 0.348. The van der Waals surface area contributed by atoms with Gasteiger partial charge in [-0.15, -0.1) is 0 Å². The Kier molecular flexibility index (Phi) is 9.86. The van der Waals surface area contributed by atoms with Crippen LogP contribution in [0.4, 0.5) is 8.78 Å². The van der Waals surface area contributed by atoms with Gasteiger partial charge < -0.3 is 24.8 Å². The van der Waals surface area contributed by atoms with Crippen molar-refractivity contribution in [3.8, 4) is 5.75 Å². The highest BCUT2D eigenvalue weighted by Crippen LogP contribution is 2.15. The van der Waals surface area contributed by atoms with Crippen LogP contribution in [0.15, 0.2) is 29.3 Å². The van der Waals surface area contributed by atoms with Crippen LogP contribution >= 0.6 is 0 Å². The maximum Gasteiger partial charge on any atom is 0.272 e. The summed E-state index contributed by atoms with van der Waals surface area (Å²) in [5, 5.41) is 6.46. The summed E-state index contributed by atoms with van der Waals surface area (Å²) in [4.78, 5) is 4.53. The van der Waals surface area contributed by atoms with Crippen LogP contribution in [-0.2, 0) is 16.0 Å². The van der Waals surface area contributed by atoms with Crippen molar-refractivity contribution in [3.63, 3.8) is 0 Å². The van der Waals surface area contributed by atoms with E-state index in [0.29, 0.717) is 31.5 Å². The van der Waals surface area contributed by atoms with Gasteiger partial charge in [0.15, 0.2) is 5.96 Å². The van der Waals surface area contributed by atoms with Gasteiger partial charge >= 0.3 is 0 Å². The molecular formula is C19H29F2N3O3. The van der Waals surface area contributed by atoms with Gasteiger partial charge in [0.25, 0.3) is 6.43 Å². The summed E-state index contributed by atoms with van der Waals surface area (Å²) in [5.74, 6) is 1.13. The van der Waals surface area contributed by atoms with Gasteiger partial charge in [0.05, 0.1) is 19.3 Å². The summed E-state index contributed by atoms with van der Waals surface area (Å²) in [7, 11) is 0. The molecule has 1 saturated heterocycles. The highest BCUT2D eigenvalue weighted by molar-refractivity contribution is 5.79. The zero-order chi connectivity index (χ0) is 19.3. The standard InChI is InChI=1S/C19H29F2N3O3/c1-2-22-19(23-8-4-9-26-17-7-10-25-13-17)24-12-15-5-3-6-16(11-15)27-14-18(20)21/h3,5-6,11,17-18H,2,4,7-10,12-14H2,1H3,(H2,22,23,24). The van der Waals surface area contributed by atoms with Crippen molar-refractivity contribution in [2.24, 2.45) is 4.99 Å². The van der Waals surface area contributed by atoms with Crippen molar-refractivity contribution < 1.29 is 23.0 Å². The van der Waals surface area contributed by atoms with Crippen LogP contribution in [0.5, 0.6) is 5.75 Å². The lowest BCUT2D eigenvalue weighted by atomic mass is 10.2. The molecular weight excluding hydrogens is 356 g/mol. The number of guanidine groups is 1. The van der Waals surface area contributed by atoms with Crippen LogP contribution < -0.4 is 15.4 Å². The van der Waals surface area contributed by atoms with Crippen LogP contribution in [0, 0.1) is 0 Å². The highest BCUT2D eigenvalue weighted by atomic mass is 19.3. The van der Waals surface area contributed by atoms with E-state index in [2.05, 4.69) is 15.6 Å². The minimum Gasteiger partial charge on any atom is -0.488 e. The van der Waals surface area contributed by atoms with Crippen molar-refractivity contribution in [2.75, 3.05) is 39.5 Å². The molecule has 1 aliphatic heterocycles. The number of nitrogens with one attached hydrogen (secondary N) is 2. The smallest absolute Gasteiger partial charge is 0.272 e. The topological polar surface area (TPSA) is 64.1 Å². The van der Waals surface area contributed by atoms with Crippen molar-refractivity contribution in [1.82, 2.24) is 10.6 Å². The predicted octanol–water partition coefficient (Wildman–Crippen LogP) is 2.58. The normalized spacial score (nSPS) is 17.3. The number of alkyl halides is 2. The van der Waals surface area contributed by atoms with Crippen molar-refractivity contribution in [3.05, 3.63) is 29.8 Å². The van der Waals surface area contributed by atoms with Gasteiger partial charge in [-0.05, 0) is 37.5 Å². The first-order valence-electron chi connectivity index (χ1n) is 9.38. The molecule has 1 heterocycles. The molecule has 0 spiro atoms. The van der Waals surface area contributed by atoms with E-state index < -0.39 is 13.0 Å². The number of hydrogen-bond donors (Lipinski definition) is 2. The molecule has 152 valence electrons. The van der Waals surface area contributed by atoms with Gasteiger partial charge in [-0.2, -0.15) is 0 Å². The molecule has 1 aromatic carbocycles. The Hall–Kier alpha value is -1.93. The third kappa shape index (κ3) is 9.01. The van der Waals surface area contributed by atoms with Gasteiger partial charge in [0, 0.05) is 26.3 Å². The van der Waals surface area contributed by atoms with E-state index in [1.807, 2.05) is 13.0 Å². The van der Waals surface area contributed by atoms with Crippen molar-refractivity contribution >= 4 is 5.96 Å². The molecule has 2 N–H and O–H groups in total.